The van der Waals surface area contributed by atoms with Crippen molar-refractivity contribution < 1.29 is 17.7 Å². The third-order valence-electron chi connectivity index (χ3n) is 5.50. The van der Waals surface area contributed by atoms with Gasteiger partial charge in [-0.15, -0.1) is 0 Å². The van der Waals surface area contributed by atoms with E-state index in [0.717, 1.165) is 22.6 Å². The molecule has 6 heteroatoms. The summed E-state index contributed by atoms with van der Waals surface area (Å²) in [6, 6.07) is 23.0. The van der Waals surface area contributed by atoms with Crippen LogP contribution in [-0.4, -0.2) is 38.5 Å². The highest BCUT2D eigenvalue weighted by molar-refractivity contribution is 7.85. The molecule has 0 fully saturated rings. The van der Waals surface area contributed by atoms with Crippen LogP contribution < -0.4 is 5.32 Å². The standard InChI is InChI=1S/C24H25NO4S/c1-24(15-26,16-29-30(2,27)28)25-14-18-13-23-19-8-4-3-7-17(19)11-12-22(23)21-10-6-5-9-20(18)21/h3-13,25-26H,14-16H2,1-2H3. The topological polar surface area (TPSA) is 75.6 Å². The lowest BCUT2D eigenvalue weighted by Crippen LogP contribution is -2.49. The summed E-state index contributed by atoms with van der Waals surface area (Å²) in [5, 5.41) is 20.2. The van der Waals surface area contributed by atoms with Crippen molar-refractivity contribution in [3.8, 4) is 0 Å². The zero-order valence-electron chi connectivity index (χ0n) is 17.1. The van der Waals surface area contributed by atoms with Crippen LogP contribution in [0.2, 0.25) is 0 Å². The van der Waals surface area contributed by atoms with Crippen LogP contribution in [0.25, 0.3) is 32.3 Å². The summed E-state index contributed by atoms with van der Waals surface area (Å²) in [6.45, 7) is 1.81. The second kappa shape index (κ2) is 7.96. The lowest BCUT2D eigenvalue weighted by molar-refractivity contribution is 0.118. The normalized spacial score (nSPS) is 14.4. The number of hydrogen-bond donors (Lipinski definition) is 2. The molecule has 30 heavy (non-hydrogen) atoms. The van der Waals surface area contributed by atoms with Crippen molar-refractivity contribution in [3.05, 3.63) is 72.3 Å². The molecule has 2 N–H and O–H groups in total. The van der Waals surface area contributed by atoms with Crippen LogP contribution in [0.5, 0.6) is 0 Å². The van der Waals surface area contributed by atoms with Gasteiger partial charge in [0.05, 0.1) is 25.0 Å². The van der Waals surface area contributed by atoms with Crippen LogP contribution in [0.4, 0.5) is 0 Å². The molecule has 0 heterocycles. The number of rotatable bonds is 7. The summed E-state index contributed by atoms with van der Waals surface area (Å²) in [7, 11) is -3.59. The Labute approximate surface area is 176 Å². The molecule has 4 aromatic carbocycles. The van der Waals surface area contributed by atoms with Crippen LogP contribution in [0.15, 0.2) is 66.7 Å². The van der Waals surface area contributed by atoms with E-state index in [1.54, 1.807) is 6.92 Å². The highest BCUT2D eigenvalue weighted by Gasteiger charge is 2.25. The summed E-state index contributed by atoms with van der Waals surface area (Å²) < 4.78 is 27.7. The third kappa shape index (κ3) is 4.18. The molecule has 0 aliphatic carbocycles. The zero-order valence-corrected chi connectivity index (χ0v) is 17.9. The van der Waals surface area contributed by atoms with Crippen molar-refractivity contribution in [2.75, 3.05) is 19.5 Å². The Morgan fingerprint density at radius 1 is 0.900 bits per heavy atom. The Bertz CT molecular complexity index is 1330. The van der Waals surface area contributed by atoms with E-state index in [1.165, 1.54) is 21.5 Å². The minimum Gasteiger partial charge on any atom is -0.394 e. The van der Waals surface area contributed by atoms with Crippen LogP contribution in [0.3, 0.4) is 0 Å². The molecule has 0 spiro atoms. The maximum atomic E-state index is 11.4. The van der Waals surface area contributed by atoms with Gasteiger partial charge in [0, 0.05) is 6.54 Å². The van der Waals surface area contributed by atoms with E-state index in [9.17, 15) is 13.5 Å². The Morgan fingerprint density at radius 3 is 2.23 bits per heavy atom. The fraction of sp³-hybridized carbons (Fsp3) is 0.250. The van der Waals surface area contributed by atoms with E-state index in [2.05, 4.69) is 47.8 Å². The van der Waals surface area contributed by atoms with Gasteiger partial charge < -0.3 is 10.4 Å². The lowest BCUT2D eigenvalue weighted by atomic mass is 9.93. The maximum absolute atomic E-state index is 11.4. The molecule has 4 rings (SSSR count). The van der Waals surface area contributed by atoms with E-state index in [0.29, 0.717) is 6.54 Å². The SMILES string of the molecule is CC(CO)(COS(C)(=O)=O)NCc1cc2c3ccccc3ccc2c2ccccc12. The number of benzene rings is 4. The van der Waals surface area contributed by atoms with Gasteiger partial charge in [0.2, 0.25) is 0 Å². The smallest absolute Gasteiger partial charge is 0.264 e. The summed E-state index contributed by atoms with van der Waals surface area (Å²) in [5.74, 6) is 0. The summed E-state index contributed by atoms with van der Waals surface area (Å²) in [6.07, 6.45) is 1.01. The second-order valence-corrected chi connectivity index (χ2v) is 9.65. The summed E-state index contributed by atoms with van der Waals surface area (Å²) in [4.78, 5) is 0. The first-order valence-corrected chi connectivity index (χ1v) is 11.6. The molecule has 0 saturated heterocycles. The maximum Gasteiger partial charge on any atom is 0.264 e. The minimum atomic E-state index is -3.59. The zero-order chi connectivity index (χ0) is 21.4. The number of hydrogen-bond acceptors (Lipinski definition) is 5. The summed E-state index contributed by atoms with van der Waals surface area (Å²) in [5.41, 5.74) is 0.186. The van der Waals surface area contributed by atoms with Gasteiger partial charge >= 0.3 is 0 Å². The van der Waals surface area contributed by atoms with Gasteiger partial charge in [0.25, 0.3) is 10.1 Å². The number of fused-ring (bicyclic) bond motifs is 5. The van der Waals surface area contributed by atoms with Gasteiger partial charge in [-0.2, -0.15) is 8.42 Å². The molecule has 5 nitrogen and oxygen atoms in total. The molecular formula is C24H25NO4S. The third-order valence-corrected chi connectivity index (χ3v) is 6.04. The molecule has 1 atom stereocenters. The first-order chi connectivity index (χ1) is 14.3. The van der Waals surface area contributed by atoms with Crippen LogP contribution >= 0.6 is 0 Å². The molecule has 156 valence electrons. The number of aliphatic hydroxyl groups excluding tert-OH is 1. The first-order valence-electron chi connectivity index (χ1n) is 9.82. The predicted molar refractivity (Wildman–Crippen MR) is 122 cm³/mol. The van der Waals surface area contributed by atoms with E-state index in [-0.39, 0.29) is 13.2 Å². The van der Waals surface area contributed by atoms with Crippen molar-refractivity contribution in [1.29, 1.82) is 0 Å². The molecule has 4 aromatic rings. The van der Waals surface area contributed by atoms with Crippen molar-refractivity contribution in [1.82, 2.24) is 5.32 Å². The molecular weight excluding hydrogens is 398 g/mol. The van der Waals surface area contributed by atoms with Gasteiger partial charge in [0.1, 0.15) is 0 Å². The first kappa shape index (κ1) is 20.8. The highest BCUT2D eigenvalue weighted by Crippen LogP contribution is 2.33. The van der Waals surface area contributed by atoms with Crippen molar-refractivity contribution in [3.63, 3.8) is 0 Å². The van der Waals surface area contributed by atoms with E-state index in [1.807, 2.05) is 24.3 Å². The molecule has 1 unspecified atom stereocenters. The predicted octanol–water partition coefficient (Wildman–Crippen LogP) is 3.96. The van der Waals surface area contributed by atoms with Gasteiger partial charge in [-0.05, 0) is 50.9 Å². The fourth-order valence-corrected chi connectivity index (χ4v) is 4.25. The Morgan fingerprint density at radius 2 is 1.53 bits per heavy atom. The quantitative estimate of drug-likeness (QED) is 0.348. The van der Waals surface area contributed by atoms with Gasteiger partial charge in [-0.25, -0.2) is 0 Å². The molecule has 0 bridgehead atoms. The molecule has 0 aromatic heterocycles. The van der Waals surface area contributed by atoms with Crippen molar-refractivity contribution >= 4 is 42.4 Å². The van der Waals surface area contributed by atoms with E-state index < -0.39 is 15.7 Å². The fourth-order valence-electron chi connectivity index (χ4n) is 3.78. The van der Waals surface area contributed by atoms with Crippen LogP contribution in [-0.2, 0) is 20.8 Å². The number of nitrogens with one attached hydrogen (secondary N) is 1. The van der Waals surface area contributed by atoms with Gasteiger partial charge in [0.15, 0.2) is 0 Å². The Balaban J connectivity index is 1.78. The minimum absolute atomic E-state index is 0.142. The van der Waals surface area contributed by atoms with E-state index in [4.69, 9.17) is 4.18 Å². The summed E-state index contributed by atoms with van der Waals surface area (Å²) >= 11 is 0. The largest absolute Gasteiger partial charge is 0.394 e. The molecule has 0 aliphatic heterocycles. The molecule has 0 saturated carbocycles. The molecule has 0 radical (unpaired) electrons. The molecule has 0 amide bonds. The van der Waals surface area contributed by atoms with Crippen LogP contribution in [0, 0.1) is 0 Å². The van der Waals surface area contributed by atoms with Gasteiger partial charge in [-0.1, -0.05) is 60.7 Å². The second-order valence-electron chi connectivity index (χ2n) is 8.00. The van der Waals surface area contributed by atoms with Gasteiger partial charge in [-0.3, -0.25) is 4.18 Å². The van der Waals surface area contributed by atoms with E-state index >= 15 is 0 Å². The average molecular weight is 424 g/mol. The molecule has 0 aliphatic rings. The monoisotopic (exact) mass is 423 g/mol. The van der Waals surface area contributed by atoms with Crippen molar-refractivity contribution in [2.24, 2.45) is 0 Å². The Kier molecular flexibility index (Phi) is 5.51. The number of aliphatic hydroxyl groups is 1. The lowest BCUT2D eigenvalue weighted by Gasteiger charge is -2.28. The van der Waals surface area contributed by atoms with Crippen LogP contribution in [0.1, 0.15) is 12.5 Å². The van der Waals surface area contributed by atoms with Crippen molar-refractivity contribution in [2.45, 2.75) is 19.0 Å². The highest BCUT2D eigenvalue weighted by atomic mass is 32.2. The average Bonchev–Trinajstić information content (AvgIpc) is 2.75. The Hall–Kier alpha value is -2.51.